The van der Waals surface area contributed by atoms with E-state index in [4.69, 9.17) is 16.3 Å². The second-order valence-corrected chi connectivity index (χ2v) is 7.79. The maximum atomic E-state index is 13.3. The Kier molecular flexibility index (Phi) is 8.70. The average molecular weight is 451 g/mol. The van der Waals surface area contributed by atoms with Crippen LogP contribution in [-0.2, 0) is 22.6 Å². The van der Waals surface area contributed by atoms with Gasteiger partial charge in [-0.2, -0.15) is 0 Å². The lowest BCUT2D eigenvalue weighted by atomic mass is 10.0. The molecule has 0 aliphatic heterocycles. The molecule has 0 radical (unpaired) electrons. The lowest BCUT2D eigenvalue weighted by Crippen LogP contribution is -2.51. The molecule has 3 aromatic rings. The van der Waals surface area contributed by atoms with Gasteiger partial charge in [-0.15, -0.1) is 0 Å². The second kappa shape index (κ2) is 11.9. The zero-order valence-electron chi connectivity index (χ0n) is 18.0. The Balaban J connectivity index is 1.85. The zero-order chi connectivity index (χ0) is 22.8. The van der Waals surface area contributed by atoms with Crippen LogP contribution in [0.5, 0.6) is 5.75 Å². The van der Waals surface area contributed by atoms with Crippen LogP contribution in [0.4, 0.5) is 0 Å². The Morgan fingerprint density at radius 1 is 0.906 bits per heavy atom. The van der Waals surface area contributed by atoms with E-state index in [-0.39, 0.29) is 18.4 Å². The molecule has 2 amide bonds. The summed E-state index contributed by atoms with van der Waals surface area (Å²) in [4.78, 5) is 28.0. The van der Waals surface area contributed by atoms with Gasteiger partial charge in [0.05, 0.1) is 0 Å². The van der Waals surface area contributed by atoms with E-state index in [0.717, 1.165) is 11.1 Å². The quantitative estimate of drug-likeness (QED) is 0.495. The number of carbonyl (C=O) groups is 2. The molecule has 6 heteroatoms. The van der Waals surface area contributed by atoms with E-state index >= 15 is 0 Å². The first-order valence-electron chi connectivity index (χ1n) is 10.6. The number of nitrogens with one attached hydrogen (secondary N) is 1. The molecule has 0 saturated carbocycles. The van der Waals surface area contributed by atoms with Crippen LogP contribution in [0, 0.1) is 0 Å². The first kappa shape index (κ1) is 23.4. The number of hydrogen-bond donors (Lipinski definition) is 1. The van der Waals surface area contributed by atoms with Crippen LogP contribution >= 0.6 is 11.6 Å². The van der Waals surface area contributed by atoms with Crippen LogP contribution in [0.2, 0.25) is 5.02 Å². The first-order valence-corrected chi connectivity index (χ1v) is 11.0. The summed E-state index contributed by atoms with van der Waals surface area (Å²) >= 11 is 5.92. The molecule has 0 aliphatic carbocycles. The van der Waals surface area contributed by atoms with Crippen molar-refractivity contribution in [2.45, 2.75) is 25.9 Å². The molecular formula is C26H27ClN2O3. The first-order chi connectivity index (χ1) is 15.6. The van der Waals surface area contributed by atoms with Gasteiger partial charge in [0.25, 0.3) is 5.91 Å². The van der Waals surface area contributed by atoms with Crippen molar-refractivity contribution in [2.75, 3.05) is 13.2 Å². The Bertz CT molecular complexity index is 995. The highest BCUT2D eigenvalue weighted by Crippen LogP contribution is 2.18. The minimum Gasteiger partial charge on any atom is -0.484 e. The van der Waals surface area contributed by atoms with Crippen molar-refractivity contribution in [2.24, 2.45) is 0 Å². The van der Waals surface area contributed by atoms with Gasteiger partial charge in [-0.05, 0) is 42.3 Å². The number of benzene rings is 3. The molecule has 0 spiro atoms. The SMILES string of the molecule is CCNC(=O)[C@@H](Cc1ccccc1)N(Cc1ccccc1)C(=O)COc1ccc(Cl)cc1. The molecule has 0 fully saturated rings. The van der Waals surface area contributed by atoms with Crippen molar-refractivity contribution < 1.29 is 14.3 Å². The molecule has 5 nitrogen and oxygen atoms in total. The van der Waals surface area contributed by atoms with Gasteiger partial charge < -0.3 is 15.0 Å². The fourth-order valence-corrected chi connectivity index (χ4v) is 3.51. The molecule has 3 aromatic carbocycles. The smallest absolute Gasteiger partial charge is 0.261 e. The van der Waals surface area contributed by atoms with Gasteiger partial charge in [-0.1, -0.05) is 72.3 Å². The van der Waals surface area contributed by atoms with E-state index in [1.807, 2.05) is 67.6 Å². The maximum absolute atomic E-state index is 13.3. The van der Waals surface area contributed by atoms with Crippen molar-refractivity contribution in [1.82, 2.24) is 10.2 Å². The van der Waals surface area contributed by atoms with Gasteiger partial charge in [-0.25, -0.2) is 0 Å². The van der Waals surface area contributed by atoms with E-state index < -0.39 is 6.04 Å². The summed E-state index contributed by atoms with van der Waals surface area (Å²) in [7, 11) is 0. The predicted octanol–water partition coefficient (Wildman–Crippen LogP) is 4.50. The standard InChI is InChI=1S/C26H27ClN2O3/c1-2-28-26(31)24(17-20-9-5-3-6-10-20)29(18-21-11-7-4-8-12-21)25(30)19-32-23-15-13-22(27)14-16-23/h3-16,24H,2,17-19H2,1H3,(H,28,31)/t24-/m1/s1. The fourth-order valence-electron chi connectivity index (χ4n) is 3.38. The van der Waals surface area contributed by atoms with Crippen LogP contribution in [0.3, 0.4) is 0 Å². The molecule has 0 aromatic heterocycles. The summed E-state index contributed by atoms with van der Waals surface area (Å²) in [5.74, 6) is 0.0862. The summed E-state index contributed by atoms with van der Waals surface area (Å²) in [6.07, 6.45) is 0.409. The van der Waals surface area contributed by atoms with Crippen LogP contribution in [0.1, 0.15) is 18.1 Å². The zero-order valence-corrected chi connectivity index (χ0v) is 18.8. The van der Waals surface area contributed by atoms with E-state index in [1.54, 1.807) is 29.2 Å². The molecule has 3 rings (SSSR count). The molecule has 0 bridgehead atoms. The van der Waals surface area contributed by atoms with Gasteiger partial charge in [0.15, 0.2) is 6.61 Å². The van der Waals surface area contributed by atoms with Crippen LogP contribution in [0.15, 0.2) is 84.9 Å². The molecule has 1 atom stereocenters. The normalized spacial score (nSPS) is 11.4. The number of ether oxygens (including phenoxy) is 1. The van der Waals surface area contributed by atoms with E-state index in [2.05, 4.69) is 5.32 Å². The summed E-state index contributed by atoms with van der Waals surface area (Å²) in [6.45, 7) is 2.47. The molecule has 0 saturated heterocycles. The number of likely N-dealkylation sites (N-methyl/N-ethyl adjacent to an activating group) is 1. The number of hydrogen-bond acceptors (Lipinski definition) is 3. The fraction of sp³-hybridized carbons (Fsp3) is 0.231. The second-order valence-electron chi connectivity index (χ2n) is 7.35. The lowest BCUT2D eigenvalue weighted by Gasteiger charge is -2.31. The topological polar surface area (TPSA) is 58.6 Å². The molecule has 0 unspecified atom stereocenters. The minimum absolute atomic E-state index is 0.181. The predicted molar refractivity (Wildman–Crippen MR) is 127 cm³/mol. The van der Waals surface area contributed by atoms with Crippen LogP contribution < -0.4 is 10.1 Å². The van der Waals surface area contributed by atoms with Gasteiger partial charge in [0.1, 0.15) is 11.8 Å². The molecule has 32 heavy (non-hydrogen) atoms. The van der Waals surface area contributed by atoms with E-state index in [0.29, 0.717) is 30.3 Å². The Labute approximate surface area is 194 Å². The Morgan fingerprint density at radius 2 is 1.50 bits per heavy atom. The Morgan fingerprint density at radius 3 is 2.09 bits per heavy atom. The summed E-state index contributed by atoms with van der Waals surface area (Å²) in [6, 6.07) is 25.5. The number of halogens is 1. The van der Waals surface area contributed by atoms with E-state index in [9.17, 15) is 9.59 Å². The highest BCUT2D eigenvalue weighted by Gasteiger charge is 2.30. The Hall–Kier alpha value is -3.31. The van der Waals surface area contributed by atoms with Crippen molar-refractivity contribution in [1.29, 1.82) is 0 Å². The van der Waals surface area contributed by atoms with Gasteiger partial charge in [0, 0.05) is 24.5 Å². The highest BCUT2D eigenvalue weighted by molar-refractivity contribution is 6.30. The number of carbonyl (C=O) groups excluding carboxylic acids is 2. The maximum Gasteiger partial charge on any atom is 0.261 e. The third-order valence-corrected chi connectivity index (χ3v) is 5.25. The third-order valence-electron chi connectivity index (χ3n) is 4.99. The monoisotopic (exact) mass is 450 g/mol. The average Bonchev–Trinajstić information content (AvgIpc) is 2.82. The van der Waals surface area contributed by atoms with Gasteiger partial charge in [0.2, 0.25) is 5.91 Å². The summed E-state index contributed by atoms with van der Waals surface area (Å²) in [5, 5.41) is 3.47. The van der Waals surface area contributed by atoms with Crippen molar-refractivity contribution in [3.05, 3.63) is 101 Å². The van der Waals surface area contributed by atoms with E-state index in [1.165, 1.54) is 0 Å². The third kappa shape index (κ3) is 6.86. The van der Waals surface area contributed by atoms with Crippen LogP contribution in [-0.4, -0.2) is 35.9 Å². The minimum atomic E-state index is -0.668. The number of rotatable bonds is 10. The molecule has 166 valence electrons. The van der Waals surface area contributed by atoms with Gasteiger partial charge in [-0.3, -0.25) is 9.59 Å². The van der Waals surface area contributed by atoms with Crippen LogP contribution in [0.25, 0.3) is 0 Å². The molecule has 0 heterocycles. The number of amides is 2. The van der Waals surface area contributed by atoms with Crippen molar-refractivity contribution in [3.63, 3.8) is 0 Å². The van der Waals surface area contributed by atoms with Gasteiger partial charge >= 0.3 is 0 Å². The van der Waals surface area contributed by atoms with Crippen molar-refractivity contribution >= 4 is 23.4 Å². The van der Waals surface area contributed by atoms with Crippen molar-refractivity contribution in [3.8, 4) is 5.75 Å². The lowest BCUT2D eigenvalue weighted by molar-refractivity contribution is -0.142. The molecule has 1 N–H and O–H groups in total. The molecular weight excluding hydrogens is 424 g/mol. The molecule has 0 aliphatic rings. The summed E-state index contributed by atoms with van der Waals surface area (Å²) in [5.41, 5.74) is 1.92. The summed E-state index contributed by atoms with van der Waals surface area (Å²) < 4.78 is 5.70. The number of nitrogens with zero attached hydrogens (tertiary/aromatic N) is 1. The highest BCUT2D eigenvalue weighted by atomic mass is 35.5. The largest absolute Gasteiger partial charge is 0.484 e.